The number of hydrogen-bond donors (Lipinski definition) is 3. The molecule has 3 aromatic rings. The van der Waals surface area contributed by atoms with Crippen LogP contribution in [0.25, 0.3) is 0 Å². The Morgan fingerprint density at radius 1 is 0.871 bits per heavy atom. The van der Waals surface area contributed by atoms with Crippen LogP contribution in [0.1, 0.15) is 10.5 Å². The predicted molar refractivity (Wildman–Crippen MR) is 114 cm³/mol. The van der Waals surface area contributed by atoms with Crippen LogP contribution in [0.15, 0.2) is 66.9 Å². The molecule has 9 heteroatoms. The maximum Gasteiger partial charge on any atom is 0.314 e. The van der Waals surface area contributed by atoms with Gasteiger partial charge in [-0.05, 0) is 30.3 Å². The Bertz CT molecular complexity index is 1120. The molecule has 0 aliphatic rings. The van der Waals surface area contributed by atoms with Crippen molar-refractivity contribution >= 4 is 29.1 Å². The molecule has 3 amide bonds. The summed E-state index contributed by atoms with van der Waals surface area (Å²) in [6, 6.07) is 16.3. The van der Waals surface area contributed by atoms with E-state index in [0.29, 0.717) is 28.6 Å². The Hall–Kier alpha value is -4.40. The zero-order chi connectivity index (χ0) is 22.2. The Labute approximate surface area is 178 Å². The lowest BCUT2D eigenvalue weighted by Gasteiger charge is -2.11. The fourth-order valence-corrected chi connectivity index (χ4v) is 2.62. The van der Waals surface area contributed by atoms with E-state index in [1.807, 2.05) is 0 Å². The zero-order valence-electron chi connectivity index (χ0n) is 16.8. The van der Waals surface area contributed by atoms with Crippen LogP contribution in [0.4, 0.5) is 11.4 Å². The molecule has 0 bridgehead atoms. The molecule has 0 aliphatic carbocycles. The fraction of sp³-hybridized carbons (Fsp3) is 0.0909. The van der Waals surface area contributed by atoms with E-state index >= 15 is 0 Å². The number of nitrogens with zero attached hydrogens (tertiary/aromatic N) is 1. The summed E-state index contributed by atoms with van der Waals surface area (Å²) >= 11 is 0. The van der Waals surface area contributed by atoms with Crippen molar-refractivity contribution in [2.45, 2.75) is 0 Å². The third-order valence-electron chi connectivity index (χ3n) is 4.08. The second-order valence-corrected chi connectivity index (χ2v) is 6.19. The average molecular weight is 420 g/mol. The van der Waals surface area contributed by atoms with Crippen LogP contribution in [0.2, 0.25) is 0 Å². The molecule has 3 N–H and O–H groups in total. The number of anilines is 2. The number of nitrogens with one attached hydrogen (secondary N) is 3. The van der Waals surface area contributed by atoms with E-state index in [1.165, 1.54) is 26.4 Å². The molecular weight excluding hydrogens is 400 g/mol. The van der Waals surface area contributed by atoms with Crippen molar-refractivity contribution in [1.29, 1.82) is 0 Å². The molecule has 3 rings (SSSR count). The molecule has 2 aromatic carbocycles. The average Bonchev–Trinajstić information content (AvgIpc) is 2.79. The Morgan fingerprint density at radius 2 is 1.61 bits per heavy atom. The van der Waals surface area contributed by atoms with Gasteiger partial charge in [-0.1, -0.05) is 18.2 Å². The fourth-order valence-electron chi connectivity index (χ4n) is 2.62. The molecule has 31 heavy (non-hydrogen) atoms. The minimum absolute atomic E-state index is 0.206. The summed E-state index contributed by atoms with van der Waals surface area (Å²) in [5.74, 6) is -0.808. The van der Waals surface area contributed by atoms with Gasteiger partial charge in [0.15, 0.2) is 0 Å². The zero-order valence-corrected chi connectivity index (χ0v) is 16.8. The van der Waals surface area contributed by atoms with Crippen molar-refractivity contribution in [3.8, 4) is 17.2 Å². The van der Waals surface area contributed by atoms with Crippen LogP contribution in [0.3, 0.4) is 0 Å². The van der Waals surface area contributed by atoms with Crippen LogP contribution >= 0.6 is 0 Å². The third-order valence-corrected chi connectivity index (χ3v) is 4.08. The lowest BCUT2D eigenvalue weighted by Crippen LogP contribution is -2.29. The highest BCUT2D eigenvalue weighted by Crippen LogP contribution is 2.25. The van der Waals surface area contributed by atoms with Gasteiger partial charge in [-0.25, -0.2) is 0 Å². The summed E-state index contributed by atoms with van der Waals surface area (Å²) in [6.45, 7) is 0. The normalized spacial score (nSPS) is 10.0. The van der Waals surface area contributed by atoms with Gasteiger partial charge in [0, 0.05) is 31.1 Å². The summed E-state index contributed by atoms with van der Waals surface area (Å²) < 4.78 is 10.9. The van der Waals surface area contributed by atoms with Gasteiger partial charge in [0.25, 0.3) is 5.91 Å². The second kappa shape index (κ2) is 9.88. The maximum atomic E-state index is 12.3. The molecule has 0 fully saturated rings. The maximum absolute atomic E-state index is 12.3. The summed E-state index contributed by atoms with van der Waals surface area (Å²) in [4.78, 5) is 40.2. The molecular formula is C22H20N4O5. The van der Waals surface area contributed by atoms with Gasteiger partial charge in [-0.15, -0.1) is 0 Å². The molecule has 9 nitrogen and oxygen atoms in total. The Morgan fingerprint density at radius 3 is 2.39 bits per heavy atom. The van der Waals surface area contributed by atoms with Crippen LogP contribution in [0.5, 0.6) is 17.2 Å². The van der Waals surface area contributed by atoms with Gasteiger partial charge >= 0.3 is 11.8 Å². The highest BCUT2D eigenvalue weighted by molar-refractivity contribution is 6.43. The summed E-state index contributed by atoms with van der Waals surface area (Å²) in [6.07, 6.45) is 1.45. The standard InChI is InChI=1S/C22H20N4O5/c1-23-20(27)18-13-16(10-11-24-18)31-15-7-5-6-14(12-15)25-21(28)22(29)26-17-8-3-4-9-19(17)30-2/h3-13H,1-2H3,(H,23,27)(H,25,28)(H,26,29). The quantitative estimate of drug-likeness (QED) is 0.528. The first-order valence-electron chi connectivity index (χ1n) is 9.21. The molecule has 1 heterocycles. The van der Waals surface area contributed by atoms with Crippen LogP contribution in [0, 0.1) is 0 Å². The van der Waals surface area contributed by atoms with Gasteiger partial charge in [0.2, 0.25) is 0 Å². The van der Waals surface area contributed by atoms with Gasteiger partial charge in [-0.3, -0.25) is 19.4 Å². The van der Waals surface area contributed by atoms with Gasteiger partial charge in [0.05, 0.1) is 12.8 Å². The number of amides is 3. The van der Waals surface area contributed by atoms with Crippen LogP contribution in [-0.4, -0.2) is 36.9 Å². The van der Waals surface area contributed by atoms with Crippen LogP contribution in [-0.2, 0) is 9.59 Å². The number of methoxy groups -OCH3 is 1. The molecule has 0 saturated carbocycles. The number of ether oxygens (including phenoxy) is 2. The molecule has 0 saturated heterocycles. The Balaban J connectivity index is 1.67. The van der Waals surface area contributed by atoms with Gasteiger partial charge in [-0.2, -0.15) is 0 Å². The monoisotopic (exact) mass is 420 g/mol. The largest absolute Gasteiger partial charge is 0.495 e. The lowest BCUT2D eigenvalue weighted by atomic mass is 10.2. The highest BCUT2D eigenvalue weighted by atomic mass is 16.5. The van der Waals surface area contributed by atoms with E-state index in [4.69, 9.17) is 9.47 Å². The Kier molecular flexibility index (Phi) is 6.79. The number of pyridine rings is 1. The molecule has 0 unspecified atom stereocenters. The highest BCUT2D eigenvalue weighted by Gasteiger charge is 2.16. The molecule has 0 spiro atoms. The molecule has 158 valence electrons. The van der Waals surface area contributed by atoms with E-state index < -0.39 is 11.8 Å². The first-order chi connectivity index (χ1) is 15.0. The number of carbonyl (C=O) groups excluding carboxylic acids is 3. The molecule has 0 atom stereocenters. The van der Waals surface area contributed by atoms with Crippen molar-refractivity contribution in [3.05, 3.63) is 72.6 Å². The molecule has 0 radical (unpaired) electrons. The molecule has 0 aliphatic heterocycles. The van der Waals surface area contributed by atoms with E-state index in [2.05, 4.69) is 20.9 Å². The first-order valence-corrected chi connectivity index (χ1v) is 9.21. The van der Waals surface area contributed by atoms with Gasteiger partial charge < -0.3 is 25.4 Å². The number of carbonyl (C=O) groups is 3. The minimum Gasteiger partial charge on any atom is -0.495 e. The number of benzene rings is 2. The number of rotatable bonds is 6. The van der Waals surface area contributed by atoms with E-state index in [-0.39, 0.29) is 11.6 Å². The second-order valence-electron chi connectivity index (χ2n) is 6.19. The van der Waals surface area contributed by atoms with Crippen molar-refractivity contribution in [2.24, 2.45) is 0 Å². The van der Waals surface area contributed by atoms with E-state index in [9.17, 15) is 14.4 Å². The lowest BCUT2D eigenvalue weighted by molar-refractivity contribution is -0.133. The third kappa shape index (κ3) is 5.57. The number of para-hydroxylation sites is 2. The SMILES string of the molecule is CNC(=O)c1cc(Oc2cccc(NC(=O)C(=O)Nc3ccccc3OC)c2)ccn1. The van der Waals surface area contributed by atoms with E-state index in [0.717, 1.165) is 0 Å². The summed E-state index contributed by atoms with van der Waals surface area (Å²) in [5.41, 5.74) is 0.947. The summed E-state index contributed by atoms with van der Waals surface area (Å²) in [7, 11) is 2.98. The minimum atomic E-state index is -0.853. The summed E-state index contributed by atoms with van der Waals surface area (Å²) in [5, 5.41) is 7.51. The number of hydrogen-bond acceptors (Lipinski definition) is 6. The van der Waals surface area contributed by atoms with E-state index in [1.54, 1.807) is 54.6 Å². The van der Waals surface area contributed by atoms with Crippen molar-refractivity contribution in [3.63, 3.8) is 0 Å². The van der Waals surface area contributed by atoms with Crippen molar-refractivity contribution < 1.29 is 23.9 Å². The van der Waals surface area contributed by atoms with Crippen molar-refractivity contribution in [2.75, 3.05) is 24.8 Å². The first kappa shape index (κ1) is 21.3. The molecule has 1 aromatic heterocycles. The van der Waals surface area contributed by atoms with Crippen molar-refractivity contribution in [1.82, 2.24) is 10.3 Å². The topological polar surface area (TPSA) is 119 Å². The van der Waals surface area contributed by atoms with Crippen LogP contribution < -0.4 is 25.4 Å². The smallest absolute Gasteiger partial charge is 0.314 e. The number of aromatic nitrogens is 1. The predicted octanol–water partition coefficient (Wildman–Crippen LogP) is 2.82. The van der Waals surface area contributed by atoms with Gasteiger partial charge in [0.1, 0.15) is 22.9 Å².